The van der Waals surface area contributed by atoms with Crippen molar-refractivity contribution in [2.24, 2.45) is 0 Å². The number of rotatable bonds is 4. The molecule has 0 atom stereocenters. The summed E-state index contributed by atoms with van der Waals surface area (Å²) in [7, 11) is 0. The van der Waals surface area contributed by atoms with Crippen molar-refractivity contribution < 1.29 is 0 Å². The molecular formula is C50H33N3S. The van der Waals surface area contributed by atoms with Crippen molar-refractivity contribution in [2.75, 3.05) is 0 Å². The highest BCUT2D eigenvalue weighted by atomic mass is 32.1. The van der Waals surface area contributed by atoms with E-state index in [2.05, 4.69) is 159 Å². The van der Waals surface area contributed by atoms with E-state index in [9.17, 15) is 0 Å². The molecule has 0 bridgehead atoms. The maximum absolute atomic E-state index is 5.21. The lowest BCUT2D eigenvalue weighted by atomic mass is 9.82. The highest BCUT2D eigenvalue weighted by molar-refractivity contribution is 7.26. The van der Waals surface area contributed by atoms with E-state index in [1.807, 2.05) is 29.5 Å². The second-order valence-corrected chi connectivity index (χ2v) is 15.8. The minimum Gasteiger partial charge on any atom is -0.208 e. The number of thiophene rings is 1. The second-order valence-electron chi connectivity index (χ2n) is 14.8. The van der Waals surface area contributed by atoms with Crippen LogP contribution in [0.5, 0.6) is 0 Å². The van der Waals surface area contributed by atoms with Crippen LogP contribution >= 0.6 is 11.3 Å². The first-order valence-electron chi connectivity index (χ1n) is 18.4. The molecule has 11 rings (SSSR count). The Kier molecular flexibility index (Phi) is 6.77. The van der Waals surface area contributed by atoms with E-state index in [1.165, 1.54) is 64.3 Å². The largest absolute Gasteiger partial charge is 0.208 e. The molecule has 0 aliphatic heterocycles. The third-order valence-electron chi connectivity index (χ3n) is 11.3. The molecule has 3 nitrogen and oxygen atoms in total. The van der Waals surface area contributed by atoms with Crippen molar-refractivity contribution in [1.82, 2.24) is 15.0 Å². The summed E-state index contributed by atoms with van der Waals surface area (Å²) in [4.78, 5) is 15.4. The SMILES string of the molecule is CC1(C)c2ccccc2-c2c(-c3ccc4c(-c5nc(-c6ccccc6)nc(-c6ccc7c(c6)sc6c8ccccc8ccc76)n5)cccc4c3)cccc21. The fraction of sp³-hybridized carbons (Fsp3) is 0.0600. The molecule has 0 saturated carbocycles. The predicted molar refractivity (Wildman–Crippen MR) is 227 cm³/mol. The Morgan fingerprint density at radius 3 is 1.96 bits per heavy atom. The van der Waals surface area contributed by atoms with Gasteiger partial charge in [-0.1, -0.05) is 166 Å². The zero-order valence-corrected chi connectivity index (χ0v) is 30.7. The molecule has 1 aliphatic carbocycles. The Bertz CT molecular complexity index is 3140. The number of fused-ring (bicyclic) bond motifs is 9. The first-order chi connectivity index (χ1) is 26.5. The summed E-state index contributed by atoms with van der Waals surface area (Å²) in [6, 6.07) is 58.9. The molecule has 1 aliphatic rings. The first-order valence-corrected chi connectivity index (χ1v) is 19.3. The first kappa shape index (κ1) is 31.1. The van der Waals surface area contributed by atoms with Gasteiger partial charge in [-0.3, -0.25) is 0 Å². The van der Waals surface area contributed by atoms with Crippen molar-refractivity contribution in [1.29, 1.82) is 0 Å². The lowest BCUT2D eigenvalue weighted by Gasteiger charge is -2.21. The van der Waals surface area contributed by atoms with E-state index >= 15 is 0 Å². The fourth-order valence-electron chi connectivity index (χ4n) is 8.63. The summed E-state index contributed by atoms with van der Waals surface area (Å²) in [5.41, 5.74) is 10.8. The van der Waals surface area contributed by atoms with Crippen LogP contribution in [0.2, 0.25) is 0 Å². The summed E-state index contributed by atoms with van der Waals surface area (Å²) in [5.74, 6) is 1.99. The van der Waals surface area contributed by atoms with Gasteiger partial charge in [-0.25, -0.2) is 15.0 Å². The van der Waals surface area contributed by atoms with Crippen LogP contribution in [0.1, 0.15) is 25.0 Å². The number of aromatic nitrogens is 3. The molecular weight excluding hydrogens is 675 g/mol. The Morgan fingerprint density at radius 2 is 1.06 bits per heavy atom. The maximum Gasteiger partial charge on any atom is 0.164 e. The number of hydrogen-bond donors (Lipinski definition) is 0. The summed E-state index contributed by atoms with van der Waals surface area (Å²) in [6.45, 7) is 4.67. The molecule has 4 heteroatoms. The molecule has 8 aromatic carbocycles. The molecule has 54 heavy (non-hydrogen) atoms. The summed E-state index contributed by atoms with van der Waals surface area (Å²) < 4.78 is 2.53. The van der Waals surface area contributed by atoms with Gasteiger partial charge < -0.3 is 0 Å². The maximum atomic E-state index is 5.21. The quantitative estimate of drug-likeness (QED) is 0.183. The molecule has 0 radical (unpaired) electrons. The zero-order chi connectivity index (χ0) is 36.0. The van der Waals surface area contributed by atoms with E-state index in [1.54, 1.807) is 0 Å². The second kappa shape index (κ2) is 11.8. The third kappa shape index (κ3) is 4.70. The van der Waals surface area contributed by atoms with Crippen molar-refractivity contribution >= 4 is 53.1 Å². The van der Waals surface area contributed by atoms with Crippen LogP contribution in [0.25, 0.3) is 98.1 Å². The van der Waals surface area contributed by atoms with Gasteiger partial charge in [0.1, 0.15) is 0 Å². The van der Waals surface area contributed by atoms with Crippen LogP contribution in [-0.4, -0.2) is 15.0 Å². The summed E-state index contributed by atoms with van der Waals surface area (Å²) >= 11 is 1.83. The van der Waals surface area contributed by atoms with Gasteiger partial charge in [0.2, 0.25) is 0 Å². The molecule has 0 amide bonds. The number of nitrogens with zero attached hydrogens (tertiary/aromatic N) is 3. The van der Waals surface area contributed by atoms with Crippen molar-refractivity contribution in [3.8, 4) is 56.4 Å². The van der Waals surface area contributed by atoms with Gasteiger partial charge >= 0.3 is 0 Å². The van der Waals surface area contributed by atoms with Crippen LogP contribution < -0.4 is 0 Å². The monoisotopic (exact) mass is 707 g/mol. The third-order valence-corrected chi connectivity index (χ3v) is 12.5. The Morgan fingerprint density at radius 1 is 0.407 bits per heavy atom. The lowest BCUT2D eigenvalue weighted by molar-refractivity contribution is 0.660. The molecule has 0 N–H and O–H groups in total. The predicted octanol–water partition coefficient (Wildman–Crippen LogP) is 13.5. The summed E-state index contributed by atoms with van der Waals surface area (Å²) in [5, 5.41) is 7.34. The van der Waals surface area contributed by atoms with Crippen molar-refractivity contribution in [3.63, 3.8) is 0 Å². The fourth-order valence-corrected chi connectivity index (χ4v) is 9.90. The van der Waals surface area contributed by atoms with Gasteiger partial charge in [-0.2, -0.15) is 0 Å². The molecule has 2 aromatic heterocycles. The molecule has 10 aromatic rings. The van der Waals surface area contributed by atoms with Gasteiger partial charge in [0.25, 0.3) is 0 Å². The minimum atomic E-state index is -0.0469. The smallest absolute Gasteiger partial charge is 0.164 e. The average molecular weight is 708 g/mol. The topological polar surface area (TPSA) is 38.7 Å². The van der Waals surface area contributed by atoms with Crippen molar-refractivity contribution in [2.45, 2.75) is 19.3 Å². The average Bonchev–Trinajstić information content (AvgIpc) is 3.72. The van der Waals surface area contributed by atoms with Crippen LogP contribution in [0.4, 0.5) is 0 Å². The van der Waals surface area contributed by atoms with E-state index in [-0.39, 0.29) is 5.41 Å². The van der Waals surface area contributed by atoms with Crippen LogP contribution in [-0.2, 0) is 5.41 Å². The van der Waals surface area contributed by atoms with Crippen molar-refractivity contribution in [3.05, 3.63) is 175 Å². The van der Waals surface area contributed by atoms with Gasteiger partial charge in [-0.05, 0) is 67.1 Å². The Balaban J connectivity index is 1.06. The van der Waals surface area contributed by atoms with E-state index in [0.717, 1.165) is 27.5 Å². The Hall–Kier alpha value is -6.49. The lowest BCUT2D eigenvalue weighted by Crippen LogP contribution is -2.14. The van der Waals surface area contributed by atoms with Gasteiger partial charge in [-0.15, -0.1) is 11.3 Å². The molecule has 0 spiro atoms. The number of benzene rings is 8. The Labute approximate surface area is 317 Å². The number of hydrogen-bond acceptors (Lipinski definition) is 4. The van der Waals surface area contributed by atoms with Crippen LogP contribution in [0.15, 0.2) is 164 Å². The normalized spacial score (nSPS) is 13.1. The van der Waals surface area contributed by atoms with E-state index in [4.69, 9.17) is 15.0 Å². The van der Waals surface area contributed by atoms with E-state index < -0.39 is 0 Å². The minimum absolute atomic E-state index is 0.0469. The standard InChI is InChI=1S/C50H33N3S/c1-50(2)42-20-9-8-17-41(42)45-36(18-11-21-43(45)50)33-23-25-35-32(28-33)15-10-19-40(35)49-52-47(31-13-4-3-5-14-31)51-48(53-49)34-24-26-38-39-27-22-30-12-6-7-16-37(30)46(39)54-44(38)29-34/h3-29H,1-2H3. The molecule has 0 unspecified atom stereocenters. The molecule has 254 valence electrons. The van der Waals surface area contributed by atoms with E-state index in [0.29, 0.717) is 17.5 Å². The van der Waals surface area contributed by atoms with Gasteiger partial charge in [0, 0.05) is 42.3 Å². The molecule has 0 fully saturated rings. The summed E-state index contributed by atoms with van der Waals surface area (Å²) in [6.07, 6.45) is 0. The highest BCUT2D eigenvalue weighted by Gasteiger charge is 2.36. The van der Waals surface area contributed by atoms with Gasteiger partial charge in [0.05, 0.1) is 0 Å². The highest BCUT2D eigenvalue weighted by Crippen LogP contribution is 2.52. The van der Waals surface area contributed by atoms with Crippen LogP contribution in [0, 0.1) is 0 Å². The zero-order valence-electron chi connectivity index (χ0n) is 29.8. The molecule has 0 saturated heterocycles. The van der Waals surface area contributed by atoms with Gasteiger partial charge in [0.15, 0.2) is 17.5 Å². The van der Waals surface area contributed by atoms with Crippen LogP contribution in [0.3, 0.4) is 0 Å². The molecule has 2 heterocycles.